The number of hydrogen-bond donors (Lipinski definition) is 2. The highest BCUT2D eigenvalue weighted by Gasteiger charge is 2.35. The zero-order valence-corrected chi connectivity index (χ0v) is 17.2. The first-order valence-electron chi connectivity index (χ1n) is 9.92. The molecule has 9 nitrogen and oxygen atoms in total. The van der Waals surface area contributed by atoms with Gasteiger partial charge in [0.05, 0.1) is 12.4 Å². The lowest BCUT2D eigenvalue weighted by Gasteiger charge is -2.27. The summed E-state index contributed by atoms with van der Waals surface area (Å²) in [7, 11) is 3.32. The van der Waals surface area contributed by atoms with E-state index in [-0.39, 0.29) is 25.0 Å². The summed E-state index contributed by atoms with van der Waals surface area (Å²) < 4.78 is 5.25. The number of aromatic amines is 1. The fourth-order valence-electron chi connectivity index (χ4n) is 3.51. The molecule has 1 aliphatic heterocycles. The minimum Gasteiger partial charge on any atom is -0.445 e. The Morgan fingerprint density at radius 1 is 1.33 bits per heavy atom. The van der Waals surface area contributed by atoms with Crippen LogP contribution >= 0.6 is 0 Å². The van der Waals surface area contributed by atoms with E-state index in [0.717, 1.165) is 23.4 Å². The molecule has 1 fully saturated rings. The predicted molar refractivity (Wildman–Crippen MR) is 109 cm³/mol. The highest BCUT2D eigenvalue weighted by atomic mass is 16.5. The van der Waals surface area contributed by atoms with E-state index in [1.54, 1.807) is 6.20 Å². The van der Waals surface area contributed by atoms with E-state index < -0.39 is 18.0 Å². The van der Waals surface area contributed by atoms with Crippen molar-refractivity contribution in [1.29, 1.82) is 0 Å². The maximum absolute atomic E-state index is 13.1. The highest BCUT2D eigenvalue weighted by Crippen LogP contribution is 2.17. The number of carbonyl (C=O) groups excluding carboxylic acids is 3. The van der Waals surface area contributed by atoms with Gasteiger partial charge in [-0.3, -0.25) is 19.4 Å². The number of likely N-dealkylation sites (N-methyl/N-ethyl adjacent to an activating group) is 2. The molecule has 0 saturated carbocycles. The number of nitrogens with one attached hydrogen (secondary N) is 2. The van der Waals surface area contributed by atoms with Gasteiger partial charge in [0.1, 0.15) is 12.6 Å². The van der Waals surface area contributed by atoms with Gasteiger partial charge in [0.2, 0.25) is 5.91 Å². The third kappa shape index (κ3) is 5.44. The summed E-state index contributed by atoms with van der Waals surface area (Å²) in [5.41, 5.74) is 1.50. The number of H-pyrrole nitrogens is 1. The second-order valence-corrected chi connectivity index (χ2v) is 7.41. The summed E-state index contributed by atoms with van der Waals surface area (Å²) in [6, 6.07) is 7.96. The molecule has 160 valence electrons. The highest BCUT2D eigenvalue weighted by molar-refractivity contribution is 6.00. The number of rotatable bonds is 7. The second-order valence-electron chi connectivity index (χ2n) is 7.41. The molecule has 1 aromatic heterocycles. The monoisotopic (exact) mass is 413 g/mol. The van der Waals surface area contributed by atoms with E-state index in [4.69, 9.17) is 4.74 Å². The molecule has 2 aromatic rings. The Morgan fingerprint density at radius 2 is 2.10 bits per heavy atom. The standard InChI is InChI=1S/C21H27N5O4/c1-25-10-6-9-18(25)20(28)26(2)19(27)17(11-16-12-22-14-23-16)24-21(29)30-13-15-7-4-3-5-8-15/h3-5,7-8,12,14,17-18H,6,9-11,13H2,1-2H3,(H,22,23)(H,24,29)/t17-,18-/m0/s1. The third-order valence-electron chi connectivity index (χ3n) is 5.25. The Labute approximate surface area is 175 Å². The smallest absolute Gasteiger partial charge is 0.408 e. The van der Waals surface area contributed by atoms with Crippen LogP contribution in [0.3, 0.4) is 0 Å². The van der Waals surface area contributed by atoms with Crippen LogP contribution in [0.2, 0.25) is 0 Å². The van der Waals surface area contributed by atoms with E-state index in [9.17, 15) is 14.4 Å². The molecule has 1 aromatic carbocycles. The SMILES string of the molecule is CN(C(=O)[C@H](Cc1cnc[nH]1)NC(=O)OCc1ccccc1)C(=O)[C@@H]1CCCN1C. The summed E-state index contributed by atoms with van der Waals surface area (Å²) >= 11 is 0. The van der Waals surface area contributed by atoms with Gasteiger partial charge in [-0.05, 0) is 32.0 Å². The van der Waals surface area contributed by atoms with Crippen LogP contribution in [-0.2, 0) is 27.4 Å². The number of imide groups is 1. The number of alkyl carbamates (subject to hydrolysis) is 1. The number of benzene rings is 1. The van der Waals surface area contributed by atoms with Gasteiger partial charge in [0.25, 0.3) is 5.91 Å². The molecular formula is C21H27N5O4. The molecule has 3 amide bonds. The van der Waals surface area contributed by atoms with Crippen LogP contribution in [0.25, 0.3) is 0 Å². The molecule has 1 aliphatic rings. The van der Waals surface area contributed by atoms with Crippen LogP contribution in [0.1, 0.15) is 24.1 Å². The normalized spacial score (nSPS) is 17.3. The van der Waals surface area contributed by atoms with Crippen LogP contribution in [-0.4, -0.2) is 70.4 Å². The van der Waals surface area contributed by atoms with Crippen LogP contribution in [0.5, 0.6) is 0 Å². The molecule has 2 N–H and O–H groups in total. The van der Waals surface area contributed by atoms with Gasteiger partial charge >= 0.3 is 6.09 Å². The molecule has 0 spiro atoms. The van der Waals surface area contributed by atoms with Crippen molar-refractivity contribution in [2.24, 2.45) is 0 Å². The second kappa shape index (κ2) is 10.0. The fraction of sp³-hybridized carbons (Fsp3) is 0.429. The number of nitrogens with zero attached hydrogens (tertiary/aromatic N) is 3. The molecule has 30 heavy (non-hydrogen) atoms. The Morgan fingerprint density at radius 3 is 2.73 bits per heavy atom. The van der Waals surface area contributed by atoms with Crippen molar-refractivity contribution in [3.05, 3.63) is 54.1 Å². The fourth-order valence-corrected chi connectivity index (χ4v) is 3.51. The molecule has 0 aliphatic carbocycles. The average molecular weight is 413 g/mol. The Hall–Kier alpha value is -3.20. The van der Waals surface area contributed by atoms with Crippen LogP contribution < -0.4 is 5.32 Å². The van der Waals surface area contributed by atoms with Crippen molar-refractivity contribution in [2.45, 2.75) is 38.0 Å². The maximum atomic E-state index is 13.1. The van der Waals surface area contributed by atoms with E-state index >= 15 is 0 Å². The number of amides is 3. The lowest BCUT2D eigenvalue weighted by molar-refractivity contribution is -0.147. The molecule has 0 bridgehead atoms. The minimum absolute atomic E-state index is 0.0826. The maximum Gasteiger partial charge on any atom is 0.408 e. The number of hydrogen-bond acceptors (Lipinski definition) is 6. The Balaban J connectivity index is 1.65. The van der Waals surface area contributed by atoms with Crippen LogP contribution in [0, 0.1) is 0 Å². The molecule has 2 heterocycles. The predicted octanol–water partition coefficient (Wildman–Crippen LogP) is 1.33. The number of imidazole rings is 1. The van der Waals surface area contributed by atoms with E-state index in [2.05, 4.69) is 15.3 Å². The van der Waals surface area contributed by atoms with Crippen molar-refractivity contribution in [3.8, 4) is 0 Å². The lowest BCUT2D eigenvalue weighted by atomic mass is 10.1. The number of ether oxygens (including phenoxy) is 1. The summed E-state index contributed by atoms with van der Waals surface area (Å²) in [4.78, 5) is 48.1. The first-order valence-corrected chi connectivity index (χ1v) is 9.92. The molecule has 3 rings (SSSR count). The molecule has 0 radical (unpaired) electrons. The van der Waals surface area contributed by atoms with E-state index in [1.807, 2.05) is 42.3 Å². The zero-order valence-electron chi connectivity index (χ0n) is 17.2. The summed E-state index contributed by atoms with van der Waals surface area (Å²) in [5.74, 6) is -0.763. The van der Waals surface area contributed by atoms with Crippen LogP contribution in [0.15, 0.2) is 42.9 Å². The summed E-state index contributed by atoms with van der Waals surface area (Å²) in [5, 5.41) is 2.60. The first kappa shape index (κ1) is 21.5. The zero-order chi connectivity index (χ0) is 21.5. The van der Waals surface area contributed by atoms with Crippen molar-refractivity contribution in [2.75, 3.05) is 20.6 Å². The van der Waals surface area contributed by atoms with Gasteiger partial charge in [-0.15, -0.1) is 0 Å². The van der Waals surface area contributed by atoms with Crippen molar-refractivity contribution in [3.63, 3.8) is 0 Å². The van der Waals surface area contributed by atoms with Gasteiger partial charge in [0.15, 0.2) is 0 Å². The van der Waals surface area contributed by atoms with Gasteiger partial charge in [-0.2, -0.15) is 0 Å². The number of likely N-dealkylation sites (tertiary alicyclic amines) is 1. The van der Waals surface area contributed by atoms with Gasteiger partial charge in [-0.25, -0.2) is 9.78 Å². The quantitative estimate of drug-likeness (QED) is 0.709. The molecule has 2 atom stereocenters. The number of aromatic nitrogens is 2. The molecule has 0 unspecified atom stereocenters. The van der Waals surface area contributed by atoms with Crippen molar-refractivity contribution in [1.82, 2.24) is 25.1 Å². The van der Waals surface area contributed by atoms with Crippen LogP contribution in [0.4, 0.5) is 4.79 Å². The lowest BCUT2D eigenvalue weighted by Crippen LogP contribution is -2.53. The molecule has 1 saturated heterocycles. The minimum atomic E-state index is -0.964. The molecular weight excluding hydrogens is 386 g/mol. The average Bonchev–Trinajstić information content (AvgIpc) is 3.42. The largest absolute Gasteiger partial charge is 0.445 e. The first-order chi connectivity index (χ1) is 14.5. The topological polar surface area (TPSA) is 108 Å². The van der Waals surface area contributed by atoms with Crippen molar-refractivity contribution >= 4 is 17.9 Å². The summed E-state index contributed by atoms with van der Waals surface area (Å²) in [6.07, 6.45) is 4.13. The van der Waals surface area contributed by atoms with E-state index in [0.29, 0.717) is 12.1 Å². The third-order valence-corrected chi connectivity index (χ3v) is 5.25. The van der Waals surface area contributed by atoms with Gasteiger partial charge in [-0.1, -0.05) is 30.3 Å². The van der Waals surface area contributed by atoms with Gasteiger partial charge < -0.3 is 15.0 Å². The van der Waals surface area contributed by atoms with E-state index in [1.165, 1.54) is 13.4 Å². The summed E-state index contributed by atoms with van der Waals surface area (Å²) in [6.45, 7) is 0.902. The van der Waals surface area contributed by atoms with Gasteiger partial charge in [0, 0.05) is 25.4 Å². The Kier molecular flexibility index (Phi) is 7.18. The van der Waals surface area contributed by atoms with Crippen molar-refractivity contribution < 1.29 is 19.1 Å². The molecule has 9 heteroatoms. The Bertz CT molecular complexity index is 856. The number of carbonyl (C=O) groups is 3.